The summed E-state index contributed by atoms with van der Waals surface area (Å²) in [6, 6.07) is 5.28. The molecule has 1 N–H and O–H groups in total. The van der Waals surface area contributed by atoms with Crippen LogP contribution in [0.1, 0.15) is 25.3 Å². The molecule has 0 saturated carbocycles. The molecule has 0 aromatic heterocycles. The number of hydrogen-bond donors (Lipinski definition) is 1. The molecule has 0 aliphatic carbocycles. The third-order valence-corrected chi connectivity index (χ3v) is 4.40. The number of benzene rings is 1. The zero-order valence-electron chi connectivity index (χ0n) is 11.8. The minimum absolute atomic E-state index is 0.0142. The normalized spacial score (nSPS) is 19.4. The molecule has 2 heterocycles. The lowest BCUT2D eigenvalue weighted by Gasteiger charge is -2.38. The van der Waals surface area contributed by atoms with Crippen molar-refractivity contribution in [3.63, 3.8) is 0 Å². The van der Waals surface area contributed by atoms with Crippen molar-refractivity contribution in [1.82, 2.24) is 4.90 Å². The van der Waals surface area contributed by atoms with Gasteiger partial charge in [0.25, 0.3) is 0 Å². The summed E-state index contributed by atoms with van der Waals surface area (Å²) in [7, 11) is 0. The SMILES string of the molecule is CC(=O)N1CCC(C(=O)O)(c2ccc3c(c2)OCO3)CC1. The van der Waals surface area contributed by atoms with Gasteiger partial charge in [-0.2, -0.15) is 0 Å². The Kier molecular flexibility index (Phi) is 3.23. The molecule has 0 unspecified atom stereocenters. The number of hydrogen-bond acceptors (Lipinski definition) is 4. The van der Waals surface area contributed by atoms with E-state index in [1.807, 2.05) is 0 Å². The van der Waals surface area contributed by atoms with Gasteiger partial charge in [-0.3, -0.25) is 9.59 Å². The van der Waals surface area contributed by atoms with Gasteiger partial charge in [-0.05, 0) is 30.5 Å². The Labute approximate surface area is 122 Å². The molecule has 1 saturated heterocycles. The maximum absolute atomic E-state index is 11.9. The highest BCUT2D eigenvalue weighted by Crippen LogP contribution is 2.41. The summed E-state index contributed by atoms with van der Waals surface area (Å²) in [4.78, 5) is 25.0. The molecule has 112 valence electrons. The smallest absolute Gasteiger partial charge is 0.314 e. The zero-order chi connectivity index (χ0) is 15.0. The van der Waals surface area contributed by atoms with Gasteiger partial charge < -0.3 is 19.5 Å². The number of ether oxygens (including phenoxy) is 2. The van der Waals surface area contributed by atoms with Crippen molar-refractivity contribution in [2.45, 2.75) is 25.2 Å². The van der Waals surface area contributed by atoms with Gasteiger partial charge in [0.1, 0.15) is 0 Å². The summed E-state index contributed by atoms with van der Waals surface area (Å²) in [5, 5.41) is 9.74. The second-order valence-corrected chi connectivity index (χ2v) is 5.46. The van der Waals surface area contributed by atoms with E-state index in [1.165, 1.54) is 6.92 Å². The molecule has 1 aromatic carbocycles. The fourth-order valence-corrected chi connectivity index (χ4v) is 3.02. The minimum Gasteiger partial charge on any atom is -0.481 e. The lowest BCUT2D eigenvalue weighted by atomic mass is 9.72. The summed E-state index contributed by atoms with van der Waals surface area (Å²) in [5.41, 5.74) is -0.255. The fourth-order valence-electron chi connectivity index (χ4n) is 3.02. The van der Waals surface area contributed by atoms with Crippen LogP contribution < -0.4 is 9.47 Å². The molecule has 0 bridgehead atoms. The van der Waals surface area contributed by atoms with Gasteiger partial charge in [0.15, 0.2) is 11.5 Å². The molecule has 3 rings (SSSR count). The summed E-state index contributed by atoms with van der Waals surface area (Å²) >= 11 is 0. The second-order valence-electron chi connectivity index (χ2n) is 5.46. The van der Waals surface area contributed by atoms with E-state index in [2.05, 4.69) is 0 Å². The van der Waals surface area contributed by atoms with Crippen LogP contribution >= 0.6 is 0 Å². The molecule has 1 fully saturated rings. The lowest BCUT2D eigenvalue weighted by Crippen LogP contribution is -2.48. The summed E-state index contributed by atoms with van der Waals surface area (Å²) < 4.78 is 10.6. The fraction of sp³-hybridized carbons (Fsp3) is 0.467. The Bertz CT molecular complexity index is 590. The van der Waals surface area contributed by atoms with Crippen molar-refractivity contribution < 1.29 is 24.2 Å². The largest absolute Gasteiger partial charge is 0.481 e. The van der Waals surface area contributed by atoms with Gasteiger partial charge in [-0.1, -0.05) is 6.07 Å². The number of rotatable bonds is 2. The van der Waals surface area contributed by atoms with Crippen molar-refractivity contribution in [1.29, 1.82) is 0 Å². The Balaban J connectivity index is 1.92. The lowest BCUT2D eigenvalue weighted by molar-refractivity contribution is -0.148. The number of aliphatic carboxylic acids is 1. The molecular weight excluding hydrogens is 274 g/mol. The van der Waals surface area contributed by atoms with Gasteiger partial charge in [0.2, 0.25) is 12.7 Å². The second kappa shape index (κ2) is 4.95. The van der Waals surface area contributed by atoms with Crippen LogP contribution in [0.5, 0.6) is 11.5 Å². The molecule has 2 aliphatic rings. The quantitative estimate of drug-likeness (QED) is 0.891. The number of amides is 1. The Hall–Kier alpha value is -2.24. The average molecular weight is 291 g/mol. The number of piperidine rings is 1. The number of carboxylic acids is 1. The van der Waals surface area contributed by atoms with Crippen molar-refractivity contribution in [3.05, 3.63) is 23.8 Å². The molecule has 1 amide bonds. The van der Waals surface area contributed by atoms with Crippen LogP contribution in [0.3, 0.4) is 0 Å². The molecule has 6 nitrogen and oxygen atoms in total. The maximum atomic E-state index is 11.9. The molecule has 21 heavy (non-hydrogen) atoms. The van der Waals surface area contributed by atoms with E-state index in [9.17, 15) is 14.7 Å². The number of carbonyl (C=O) groups excluding carboxylic acids is 1. The van der Waals surface area contributed by atoms with Crippen LogP contribution in [0.4, 0.5) is 0 Å². The van der Waals surface area contributed by atoms with E-state index in [0.717, 1.165) is 0 Å². The predicted molar refractivity (Wildman–Crippen MR) is 73.4 cm³/mol. The van der Waals surface area contributed by atoms with Crippen LogP contribution in [-0.4, -0.2) is 41.8 Å². The first-order valence-corrected chi connectivity index (χ1v) is 6.92. The van der Waals surface area contributed by atoms with E-state index >= 15 is 0 Å². The third kappa shape index (κ3) is 2.20. The van der Waals surface area contributed by atoms with E-state index < -0.39 is 11.4 Å². The van der Waals surface area contributed by atoms with E-state index in [-0.39, 0.29) is 12.7 Å². The average Bonchev–Trinajstić information content (AvgIpc) is 2.94. The van der Waals surface area contributed by atoms with Gasteiger partial charge in [-0.15, -0.1) is 0 Å². The first kappa shape index (κ1) is 13.7. The van der Waals surface area contributed by atoms with Crippen molar-refractivity contribution in [2.24, 2.45) is 0 Å². The Morgan fingerprint density at radius 1 is 1.19 bits per heavy atom. The van der Waals surface area contributed by atoms with Crippen LogP contribution in [0.2, 0.25) is 0 Å². The summed E-state index contributed by atoms with van der Waals surface area (Å²) in [5.74, 6) is 0.354. The molecule has 6 heteroatoms. The monoisotopic (exact) mass is 291 g/mol. The maximum Gasteiger partial charge on any atom is 0.314 e. The minimum atomic E-state index is -0.965. The molecule has 0 atom stereocenters. The van der Waals surface area contributed by atoms with Gasteiger partial charge in [-0.25, -0.2) is 0 Å². The summed E-state index contributed by atoms with van der Waals surface area (Å²) in [6.07, 6.45) is 0.809. The van der Waals surface area contributed by atoms with Gasteiger partial charge in [0.05, 0.1) is 5.41 Å². The molecule has 0 spiro atoms. The predicted octanol–water partition coefficient (Wildman–Crippen LogP) is 1.38. The van der Waals surface area contributed by atoms with Crippen molar-refractivity contribution >= 4 is 11.9 Å². The highest BCUT2D eigenvalue weighted by atomic mass is 16.7. The van der Waals surface area contributed by atoms with Crippen molar-refractivity contribution in [2.75, 3.05) is 19.9 Å². The number of carboxylic acid groups (broad SMARTS) is 1. The number of carbonyl (C=O) groups is 2. The number of likely N-dealkylation sites (tertiary alicyclic amines) is 1. The van der Waals surface area contributed by atoms with Crippen LogP contribution in [0.25, 0.3) is 0 Å². The molecule has 1 aromatic rings. The van der Waals surface area contributed by atoms with E-state index in [4.69, 9.17) is 9.47 Å². The van der Waals surface area contributed by atoms with Gasteiger partial charge in [0, 0.05) is 20.0 Å². The number of nitrogens with zero attached hydrogens (tertiary/aromatic N) is 1. The third-order valence-electron chi connectivity index (χ3n) is 4.40. The number of fused-ring (bicyclic) bond motifs is 1. The highest BCUT2D eigenvalue weighted by molar-refractivity contribution is 5.83. The van der Waals surface area contributed by atoms with Crippen LogP contribution in [0, 0.1) is 0 Å². The first-order chi connectivity index (χ1) is 10.0. The molecule has 0 radical (unpaired) electrons. The topological polar surface area (TPSA) is 76.1 Å². The molecular formula is C15H17NO5. The van der Waals surface area contributed by atoms with Crippen LogP contribution in [0.15, 0.2) is 18.2 Å². The summed E-state index contributed by atoms with van der Waals surface area (Å²) in [6.45, 7) is 2.58. The van der Waals surface area contributed by atoms with Gasteiger partial charge >= 0.3 is 5.97 Å². The van der Waals surface area contributed by atoms with E-state index in [1.54, 1.807) is 23.1 Å². The van der Waals surface area contributed by atoms with E-state index in [0.29, 0.717) is 43.0 Å². The zero-order valence-corrected chi connectivity index (χ0v) is 11.8. The first-order valence-electron chi connectivity index (χ1n) is 6.92. The Morgan fingerprint density at radius 2 is 1.86 bits per heavy atom. The Morgan fingerprint density at radius 3 is 2.48 bits per heavy atom. The van der Waals surface area contributed by atoms with Crippen LogP contribution in [-0.2, 0) is 15.0 Å². The van der Waals surface area contributed by atoms with Crippen molar-refractivity contribution in [3.8, 4) is 11.5 Å². The highest BCUT2D eigenvalue weighted by Gasteiger charge is 2.44. The molecule has 2 aliphatic heterocycles. The standard InChI is InChI=1S/C15H17NO5/c1-10(17)16-6-4-15(5-7-16,14(18)19)11-2-3-12-13(8-11)21-9-20-12/h2-3,8H,4-7,9H2,1H3,(H,18,19).